The number of aromatic nitrogens is 1. The Balaban J connectivity index is 1.67. The molecule has 0 amide bonds. The molecular formula is C14H13Cl2N3O4S2. The molecule has 1 fully saturated rings. The van der Waals surface area contributed by atoms with Crippen LogP contribution in [0.4, 0.5) is 0 Å². The van der Waals surface area contributed by atoms with Crippen molar-refractivity contribution in [3.63, 3.8) is 0 Å². The first-order valence-corrected chi connectivity index (χ1v) is 10.3. The molecule has 0 saturated carbocycles. The van der Waals surface area contributed by atoms with Gasteiger partial charge in [-0.2, -0.15) is 4.31 Å². The number of halogens is 2. The lowest BCUT2D eigenvalue weighted by molar-refractivity contribution is -0.122. The molecule has 11 heteroatoms. The quantitative estimate of drug-likeness (QED) is 0.754. The van der Waals surface area contributed by atoms with Gasteiger partial charge >= 0.3 is 5.97 Å². The Kier molecular flexibility index (Phi) is 5.62. The third kappa shape index (κ3) is 3.97. The highest BCUT2D eigenvalue weighted by Crippen LogP contribution is 2.31. The highest BCUT2D eigenvalue weighted by molar-refractivity contribution is 7.89. The number of sulfonamides is 1. The van der Waals surface area contributed by atoms with Gasteiger partial charge in [0.2, 0.25) is 10.0 Å². The normalized spacial score (nSPS) is 16.7. The Morgan fingerprint density at radius 1 is 1.16 bits per heavy atom. The third-order valence-corrected chi connectivity index (χ3v) is 7.17. The molecule has 1 aliphatic heterocycles. The molecule has 0 N–H and O–H groups in total. The summed E-state index contributed by atoms with van der Waals surface area (Å²) in [4.78, 5) is 21.2. The van der Waals surface area contributed by atoms with Crippen LogP contribution in [0.5, 0.6) is 0 Å². The van der Waals surface area contributed by atoms with Crippen molar-refractivity contribution in [2.75, 3.05) is 26.2 Å². The van der Waals surface area contributed by atoms with Crippen molar-refractivity contribution in [1.29, 1.82) is 0 Å². The third-order valence-electron chi connectivity index (χ3n) is 3.56. The molecule has 0 aliphatic carbocycles. The Morgan fingerprint density at radius 3 is 2.36 bits per heavy atom. The summed E-state index contributed by atoms with van der Waals surface area (Å²) in [6.07, 6.45) is 1.42. The maximum atomic E-state index is 12.8. The lowest BCUT2D eigenvalue weighted by Gasteiger charge is -2.32. The SMILES string of the molecule is O=C(ON1CCN(S(=O)(=O)c2c(Cl)cccc2Cl)CC1)c1cncs1. The molecule has 1 aromatic carbocycles. The van der Waals surface area contributed by atoms with Crippen molar-refractivity contribution in [1.82, 2.24) is 14.4 Å². The number of carbonyl (C=O) groups excluding carboxylic acids is 1. The first-order valence-electron chi connectivity index (χ1n) is 7.19. The molecule has 0 spiro atoms. The van der Waals surface area contributed by atoms with E-state index in [1.165, 1.54) is 44.5 Å². The van der Waals surface area contributed by atoms with Gasteiger partial charge < -0.3 is 4.84 Å². The van der Waals surface area contributed by atoms with Gasteiger partial charge in [0.25, 0.3) is 0 Å². The standard InChI is InChI=1S/C14H13Cl2N3O4S2/c15-10-2-1-3-11(16)13(10)25(21,22)19-6-4-18(5-7-19)23-14(20)12-8-17-9-24-12/h1-3,8-9H,4-7H2. The Bertz CT molecular complexity index is 846. The average Bonchev–Trinajstić information content (AvgIpc) is 3.09. The predicted octanol–water partition coefficient (Wildman–Crippen LogP) is 2.53. The number of piperazine rings is 1. The minimum absolute atomic E-state index is 0.0755. The second-order valence-corrected chi connectivity index (χ2v) is 8.70. The van der Waals surface area contributed by atoms with Crippen LogP contribution < -0.4 is 0 Å². The zero-order valence-corrected chi connectivity index (χ0v) is 15.9. The van der Waals surface area contributed by atoms with E-state index in [1.807, 2.05) is 0 Å². The molecule has 25 heavy (non-hydrogen) atoms. The van der Waals surface area contributed by atoms with E-state index in [1.54, 1.807) is 6.07 Å². The number of nitrogens with zero attached hydrogens (tertiary/aromatic N) is 3. The van der Waals surface area contributed by atoms with E-state index in [0.29, 0.717) is 4.88 Å². The van der Waals surface area contributed by atoms with Crippen molar-refractivity contribution < 1.29 is 18.0 Å². The fourth-order valence-electron chi connectivity index (χ4n) is 2.34. The minimum atomic E-state index is -3.82. The summed E-state index contributed by atoms with van der Waals surface area (Å²) in [5, 5.41) is 1.58. The molecule has 1 aromatic heterocycles. The second-order valence-electron chi connectivity index (χ2n) is 5.13. The maximum Gasteiger partial charge on any atom is 0.368 e. The van der Waals surface area contributed by atoms with Gasteiger partial charge in [0.1, 0.15) is 9.77 Å². The molecular weight excluding hydrogens is 409 g/mol. The number of hydrogen-bond acceptors (Lipinski definition) is 7. The van der Waals surface area contributed by atoms with Gasteiger partial charge in [-0.3, -0.25) is 4.98 Å². The lowest BCUT2D eigenvalue weighted by atomic mass is 10.4. The highest BCUT2D eigenvalue weighted by Gasteiger charge is 2.33. The Hall–Kier alpha value is -1.23. The number of carbonyl (C=O) groups is 1. The largest absolute Gasteiger partial charge is 0.368 e. The van der Waals surface area contributed by atoms with Crippen LogP contribution in [-0.2, 0) is 14.9 Å². The Labute approximate surface area is 158 Å². The summed E-state index contributed by atoms with van der Waals surface area (Å²) in [5.74, 6) is -0.507. The fraction of sp³-hybridized carbons (Fsp3) is 0.286. The van der Waals surface area contributed by atoms with Crippen LogP contribution in [0.25, 0.3) is 0 Å². The molecule has 1 saturated heterocycles. The summed E-state index contributed by atoms with van der Waals surface area (Å²) in [5.41, 5.74) is 1.54. The maximum absolute atomic E-state index is 12.8. The van der Waals surface area contributed by atoms with Crippen LogP contribution in [0.2, 0.25) is 10.0 Å². The number of thiazole rings is 1. The van der Waals surface area contributed by atoms with Gasteiger partial charge in [-0.25, -0.2) is 13.2 Å². The number of benzene rings is 1. The first-order chi connectivity index (χ1) is 11.9. The van der Waals surface area contributed by atoms with Crippen LogP contribution >= 0.6 is 34.5 Å². The molecule has 0 atom stereocenters. The van der Waals surface area contributed by atoms with Gasteiger partial charge in [0.15, 0.2) is 0 Å². The van der Waals surface area contributed by atoms with Crippen LogP contribution in [-0.4, -0.2) is 54.9 Å². The van der Waals surface area contributed by atoms with Crippen LogP contribution in [0.3, 0.4) is 0 Å². The van der Waals surface area contributed by atoms with Gasteiger partial charge in [-0.1, -0.05) is 29.3 Å². The first kappa shape index (κ1) is 18.6. The van der Waals surface area contributed by atoms with E-state index in [4.69, 9.17) is 28.0 Å². The molecule has 7 nitrogen and oxygen atoms in total. The van der Waals surface area contributed by atoms with Crippen molar-refractivity contribution in [2.45, 2.75) is 4.90 Å². The molecule has 0 radical (unpaired) electrons. The zero-order chi connectivity index (χ0) is 18.0. The summed E-state index contributed by atoms with van der Waals surface area (Å²) >= 11 is 13.2. The number of hydrogen-bond donors (Lipinski definition) is 0. The van der Waals surface area contributed by atoms with E-state index in [9.17, 15) is 13.2 Å². The molecule has 0 bridgehead atoms. The van der Waals surface area contributed by atoms with Crippen molar-refractivity contribution in [3.8, 4) is 0 Å². The number of rotatable bonds is 4. The fourth-order valence-corrected chi connectivity index (χ4v) is 5.34. The minimum Gasteiger partial charge on any atom is -0.363 e. The molecule has 134 valence electrons. The Morgan fingerprint density at radius 2 is 1.80 bits per heavy atom. The molecule has 2 aromatic rings. The lowest BCUT2D eigenvalue weighted by Crippen LogP contribution is -2.49. The van der Waals surface area contributed by atoms with Crippen molar-refractivity contribution in [2.24, 2.45) is 0 Å². The predicted molar refractivity (Wildman–Crippen MR) is 94.3 cm³/mol. The van der Waals surface area contributed by atoms with E-state index >= 15 is 0 Å². The van der Waals surface area contributed by atoms with E-state index in [2.05, 4.69) is 4.98 Å². The smallest absolute Gasteiger partial charge is 0.363 e. The number of hydroxylamine groups is 2. The zero-order valence-electron chi connectivity index (χ0n) is 12.8. The van der Waals surface area contributed by atoms with E-state index < -0.39 is 16.0 Å². The van der Waals surface area contributed by atoms with Gasteiger partial charge in [0.05, 0.1) is 21.8 Å². The monoisotopic (exact) mass is 421 g/mol. The molecule has 3 rings (SSSR count). The molecule has 2 heterocycles. The van der Waals surface area contributed by atoms with Gasteiger partial charge in [-0.05, 0) is 12.1 Å². The second kappa shape index (κ2) is 7.56. The average molecular weight is 422 g/mol. The van der Waals surface area contributed by atoms with Crippen molar-refractivity contribution in [3.05, 3.63) is 44.8 Å². The topological polar surface area (TPSA) is 79.8 Å². The van der Waals surface area contributed by atoms with Gasteiger partial charge in [0, 0.05) is 26.2 Å². The van der Waals surface area contributed by atoms with Crippen molar-refractivity contribution >= 4 is 50.5 Å². The van der Waals surface area contributed by atoms with E-state index in [-0.39, 0.29) is 41.1 Å². The molecule has 0 unspecified atom stereocenters. The van der Waals surface area contributed by atoms with E-state index in [0.717, 1.165) is 0 Å². The van der Waals surface area contributed by atoms with Crippen LogP contribution in [0, 0.1) is 0 Å². The highest BCUT2D eigenvalue weighted by atomic mass is 35.5. The van der Waals surface area contributed by atoms with Crippen LogP contribution in [0.15, 0.2) is 34.8 Å². The summed E-state index contributed by atoms with van der Waals surface area (Å²) in [7, 11) is -3.82. The molecule has 1 aliphatic rings. The van der Waals surface area contributed by atoms with Gasteiger partial charge in [-0.15, -0.1) is 16.4 Å². The van der Waals surface area contributed by atoms with Crippen LogP contribution in [0.1, 0.15) is 9.67 Å². The summed E-state index contributed by atoms with van der Waals surface area (Å²) in [6.45, 7) is 0.789. The summed E-state index contributed by atoms with van der Waals surface area (Å²) < 4.78 is 26.8. The summed E-state index contributed by atoms with van der Waals surface area (Å²) in [6, 6.07) is 4.54.